The molecule has 1 aliphatic heterocycles. The largest absolute Gasteiger partial charge is 0.443 e. The maximum atomic E-state index is 13.1. The van der Waals surface area contributed by atoms with Crippen LogP contribution in [-0.4, -0.2) is 40.4 Å². The minimum Gasteiger partial charge on any atom is -0.443 e. The Kier molecular flexibility index (Phi) is 5.67. The van der Waals surface area contributed by atoms with Crippen LogP contribution in [0.4, 0.5) is 0 Å². The number of carbonyl (C=O) groups is 2. The lowest BCUT2D eigenvalue weighted by molar-refractivity contribution is 0.0610. The molecule has 2 heterocycles. The van der Waals surface area contributed by atoms with Crippen molar-refractivity contribution in [2.24, 2.45) is 5.92 Å². The Hall–Kier alpha value is -3.36. The first kappa shape index (κ1) is 20.9. The minimum absolute atomic E-state index is 0.0689. The second-order valence-corrected chi connectivity index (χ2v) is 8.49. The molecule has 1 saturated heterocycles. The summed E-state index contributed by atoms with van der Waals surface area (Å²) in [5.74, 6) is 5.51. The molecule has 31 heavy (non-hydrogen) atoms. The highest BCUT2D eigenvalue weighted by Gasteiger charge is 2.30. The highest BCUT2D eigenvalue weighted by atomic mass is 16.4. The van der Waals surface area contributed by atoms with Crippen LogP contribution < -0.4 is 0 Å². The van der Waals surface area contributed by atoms with Crippen LogP contribution in [0.2, 0.25) is 0 Å². The molecule has 158 valence electrons. The number of fused-ring (bicyclic) bond motifs is 1. The number of amides is 1. The van der Waals surface area contributed by atoms with E-state index in [9.17, 15) is 14.7 Å². The number of furan rings is 1. The third-order valence-electron chi connectivity index (χ3n) is 5.42. The first-order valence-corrected chi connectivity index (χ1v) is 10.5. The van der Waals surface area contributed by atoms with Crippen molar-refractivity contribution in [3.8, 4) is 11.8 Å². The number of benzene rings is 2. The Morgan fingerprint density at radius 3 is 2.65 bits per heavy atom. The van der Waals surface area contributed by atoms with E-state index in [2.05, 4.69) is 11.8 Å². The van der Waals surface area contributed by atoms with E-state index in [0.717, 1.165) is 23.6 Å². The summed E-state index contributed by atoms with van der Waals surface area (Å²) in [6, 6.07) is 16.9. The summed E-state index contributed by atoms with van der Waals surface area (Å²) in [4.78, 5) is 27.7. The highest BCUT2D eigenvalue weighted by Crippen LogP contribution is 2.25. The fourth-order valence-corrected chi connectivity index (χ4v) is 3.84. The average molecular weight is 415 g/mol. The molecule has 1 fully saturated rings. The lowest BCUT2D eigenvalue weighted by Crippen LogP contribution is -2.42. The van der Waals surface area contributed by atoms with Crippen LogP contribution in [-0.2, 0) is 0 Å². The van der Waals surface area contributed by atoms with Gasteiger partial charge in [-0.25, -0.2) is 0 Å². The smallest absolute Gasteiger partial charge is 0.289 e. The predicted molar refractivity (Wildman–Crippen MR) is 119 cm³/mol. The molecule has 1 aliphatic rings. The highest BCUT2D eigenvalue weighted by molar-refractivity contribution is 6.02. The second kappa shape index (κ2) is 8.41. The topological polar surface area (TPSA) is 70.8 Å². The molecule has 4 rings (SSSR count). The Labute approximate surface area is 181 Å². The van der Waals surface area contributed by atoms with Crippen LogP contribution in [0.3, 0.4) is 0 Å². The van der Waals surface area contributed by atoms with Gasteiger partial charge in [0.25, 0.3) is 5.91 Å². The number of nitrogens with zero attached hydrogens (tertiary/aromatic N) is 1. The van der Waals surface area contributed by atoms with Gasteiger partial charge in [-0.15, -0.1) is 0 Å². The average Bonchev–Trinajstić information content (AvgIpc) is 3.25. The van der Waals surface area contributed by atoms with Crippen molar-refractivity contribution >= 4 is 22.5 Å². The molecule has 0 spiro atoms. The van der Waals surface area contributed by atoms with Gasteiger partial charge < -0.3 is 14.4 Å². The zero-order valence-electron chi connectivity index (χ0n) is 17.7. The van der Waals surface area contributed by atoms with Crippen LogP contribution >= 0.6 is 0 Å². The van der Waals surface area contributed by atoms with Crippen LogP contribution in [0.25, 0.3) is 10.8 Å². The summed E-state index contributed by atoms with van der Waals surface area (Å²) in [6.45, 7) is 4.12. The Bertz CT molecular complexity index is 1190. The lowest BCUT2D eigenvalue weighted by Gasteiger charge is -2.31. The van der Waals surface area contributed by atoms with Gasteiger partial charge in [0.15, 0.2) is 17.3 Å². The van der Waals surface area contributed by atoms with Gasteiger partial charge in [0, 0.05) is 24.6 Å². The molecule has 3 aromatic rings. The molecular formula is C26H25NO4. The summed E-state index contributed by atoms with van der Waals surface area (Å²) in [6.07, 6.45) is 1.53. The first-order valence-electron chi connectivity index (χ1n) is 10.5. The fourth-order valence-electron chi connectivity index (χ4n) is 3.84. The van der Waals surface area contributed by atoms with Crippen molar-refractivity contribution < 1.29 is 19.1 Å². The number of ketones is 1. The summed E-state index contributed by atoms with van der Waals surface area (Å²) in [5, 5.41) is 11.8. The van der Waals surface area contributed by atoms with Crippen molar-refractivity contribution in [3.05, 3.63) is 71.7 Å². The van der Waals surface area contributed by atoms with E-state index in [1.807, 2.05) is 42.5 Å². The van der Waals surface area contributed by atoms with E-state index in [1.54, 1.807) is 30.9 Å². The Balaban J connectivity index is 1.47. The zero-order valence-corrected chi connectivity index (χ0v) is 17.7. The van der Waals surface area contributed by atoms with E-state index >= 15 is 0 Å². The van der Waals surface area contributed by atoms with E-state index in [0.29, 0.717) is 24.4 Å². The molecule has 5 nitrogen and oxygen atoms in total. The van der Waals surface area contributed by atoms with Gasteiger partial charge in [0.05, 0.1) is 0 Å². The van der Waals surface area contributed by atoms with Crippen LogP contribution in [0.15, 0.2) is 59.0 Å². The molecule has 1 amide bonds. The third kappa shape index (κ3) is 4.87. The predicted octanol–water partition coefficient (Wildman–Crippen LogP) is 4.29. The van der Waals surface area contributed by atoms with Gasteiger partial charge in [-0.3, -0.25) is 9.59 Å². The second-order valence-electron chi connectivity index (χ2n) is 8.49. The van der Waals surface area contributed by atoms with Gasteiger partial charge in [-0.1, -0.05) is 42.3 Å². The zero-order chi connectivity index (χ0) is 22.0. The number of hydrogen-bond acceptors (Lipinski definition) is 4. The quantitative estimate of drug-likeness (QED) is 0.512. The van der Waals surface area contributed by atoms with Crippen LogP contribution in [0.1, 0.15) is 53.4 Å². The monoisotopic (exact) mass is 415 g/mol. The van der Waals surface area contributed by atoms with Crippen LogP contribution in [0, 0.1) is 17.8 Å². The van der Waals surface area contributed by atoms with E-state index in [4.69, 9.17) is 4.42 Å². The maximum Gasteiger partial charge on any atom is 0.289 e. The fraction of sp³-hybridized carbons (Fsp3) is 0.308. The van der Waals surface area contributed by atoms with E-state index in [1.165, 1.54) is 0 Å². The van der Waals surface area contributed by atoms with Crippen molar-refractivity contribution in [2.45, 2.75) is 32.3 Å². The number of carbonyl (C=O) groups excluding carboxylic acids is 2. The number of rotatable bonds is 3. The molecule has 0 unspecified atom stereocenters. The van der Waals surface area contributed by atoms with Gasteiger partial charge >= 0.3 is 0 Å². The molecule has 0 saturated carbocycles. The SMILES string of the molecule is CC(C)(O)C#Cc1ccc(C(=O)N2CCC[C@H](C(=O)c3ccc4ccccc4c3)C2)o1. The third-order valence-corrected chi connectivity index (χ3v) is 5.42. The van der Waals surface area contributed by atoms with Crippen molar-refractivity contribution in [1.29, 1.82) is 0 Å². The number of Topliss-reactive ketones (excluding diaryl/α,β-unsaturated/α-hetero) is 1. The molecule has 2 aromatic carbocycles. The number of hydrogen-bond donors (Lipinski definition) is 1. The first-order chi connectivity index (χ1) is 14.8. The molecule has 0 aliphatic carbocycles. The number of aliphatic hydroxyl groups is 1. The molecule has 1 aromatic heterocycles. The summed E-state index contributed by atoms with van der Waals surface area (Å²) in [5.41, 5.74) is -0.458. The molecule has 1 N–H and O–H groups in total. The summed E-state index contributed by atoms with van der Waals surface area (Å²) < 4.78 is 5.56. The van der Waals surface area contributed by atoms with Gasteiger partial charge in [-0.2, -0.15) is 0 Å². The van der Waals surface area contributed by atoms with Crippen molar-refractivity contribution in [3.63, 3.8) is 0 Å². The Morgan fingerprint density at radius 2 is 1.87 bits per heavy atom. The van der Waals surface area contributed by atoms with Crippen molar-refractivity contribution in [2.75, 3.05) is 13.1 Å². The molecule has 5 heteroatoms. The standard InChI is InChI=1S/C26H25NO4/c1-26(2,30)14-13-22-11-12-23(31-22)25(29)27-15-5-8-21(17-27)24(28)20-10-9-18-6-3-4-7-19(18)16-20/h3-4,6-7,9-12,16,21,30H,5,8,15,17H2,1-2H3/t21-/m0/s1. The van der Waals surface area contributed by atoms with E-state index < -0.39 is 5.60 Å². The lowest BCUT2D eigenvalue weighted by atomic mass is 9.89. The van der Waals surface area contributed by atoms with Crippen molar-refractivity contribution in [1.82, 2.24) is 4.90 Å². The van der Waals surface area contributed by atoms with Gasteiger partial charge in [0.2, 0.25) is 0 Å². The molecule has 1 atom stereocenters. The van der Waals surface area contributed by atoms with Gasteiger partial charge in [0.1, 0.15) is 5.60 Å². The van der Waals surface area contributed by atoms with Gasteiger partial charge in [-0.05, 0) is 61.6 Å². The molecule has 0 radical (unpaired) electrons. The normalized spacial score (nSPS) is 16.6. The summed E-state index contributed by atoms with van der Waals surface area (Å²) in [7, 11) is 0. The summed E-state index contributed by atoms with van der Waals surface area (Å²) >= 11 is 0. The number of piperidine rings is 1. The molecule has 0 bridgehead atoms. The van der Waals surface area contributed by atoms with E-state index in [-0.39, 0.29) is 23.4 Å². The maximum absolute atomic E-state index is 13.1. The minimum atomic E-state index is -1.14. The molecular weight excluding hydrogens is 390 g/mol. The Morgan fingerprint density at radius 1 is 1.10 bits per heavy atom. The van der Waals surface area contributed by atoms with Crippen LogP contribution in [0.5, 0.6) is 0 Å². The number of likely N-dealkylation sites (tertiary alicyclic amines) is 1.